The summed E-state index contributed by atoms with van der Waals surface area (Å²) in [5.41, 5.74) is 7.72. The third kappa shape index (κ3) is 4.03. The van der Waals surface area contributed by atoms with Crippen LogP contribution in [0.5, 0.6) is 5.75 Å². The summed E-state index contributed by atoms with van der Waals surface area (Å²) in [6, 6.07) is 5.81. The first-order chi connectivity index (χ1) is 10.1. The van der Waals surface area contributed by atoms with Gasteiger partial charge in [-0.1, -0.05) is 25.3 Å². The number of nitrogen functional groups attached to an aromatic ring is 1. The molecule has 1 aromatic carbocycles. The molecule has 0 bridgehead atoms. The van der Waals surface area contributed by atoms with E-state index in [2.05, 4.69) is 5.32 Å². The highest BCUT2D eigenvalue weighted by atomic mass is 16.5. The molecule has 0 amide bonds. The summed E-state index contributed by atoms with van der Waals surface area (Å²) < 4.78 is 5.71. The van der Waals surface area contributed by atoms with Crippen LogP contribution < -0.4 is 15.8 Å². The summed E-state index contributed by atoms with van der Waals surface area (Å²) in [4.78, 5) is 0. The van der Waals surface area contributed by atoms with Crippen LogP contribution in [0.1, 0.15) is 46.0 Å². The number of aliphatic hydroxyl groups excluding tert-OH is 1. The highest BCUT2D eigenvalue weighted by molar-refractivity contribution is 5.73. The van der Waals surface area contributed by atoms with Crippen LogP contribution in [0.15, 0.2) is 18.2 Å². The molecule has 1 aliphatic rings. The quantitative estimate of drug-likeness (QED) is 0.703. The molecule has 4 nitrogen and oxygen atoms in total. The van der Waals surface area contributed by atoms with Gasteiger partial charge >= 0.3 is 0 Å². The molecule has 1 saturated carbocycles. The molecule has 0 heterocycles. The number of aliphatic hydroxyl groups is 1. The summed E-state index contributed by atoms with van der Waals surface area (Å²) in [6.07, 6.45) is 5.95. The van der Waals surface area contributed by atoms with Crippen LogP contribution in [0.4, 0.5) is 11.4 Å². The monoisotopic (exact) mass is 292 g/mol. The van der Waals surface area contributed by atoms with E-state index in [0.29, 0.717) is 5.69 Å². The average molecular weight is 292 g/mol. The van der Waals surface area contributed by atoms with Crippen LogP contribution in [0.3, 0.4) is 0 Å². The second-order valence-corrected chi connectivity index (χ2v) is 6.46. The van der Waals surface area contributed by atoms with Crippen LogP contribution in [0.25, 0.3) is 0 Å². The Morgan fingerprint density at radius 1 is 1.29 bits per heavy atom. The zero-order valence-corrected chi connectivity index (χ0v) is 13.2. The Balaban J connectivity index is 2.05. The normalized spacial score (nSPS) is 17.7. The number of benzene rings is 1. The lowest BCUT2D eigenvalue weighted by Crippen LogP contribution is -2.35. The largest absolute Gasteiger partial charge is 0.489 e. The van der Waals surface area contributed by atoms with Crippen molar-refractivity contribution in [3.05, 3.63) is 18.2 Å². The lowest BCUT2D eigenvalue weighted by atomic mass is 9.74. The number of para-hydroxylation sites is 1. The topological polar surface area (TPSA) is 67.5 Å². The van der Waals surface area contributed by atoms with E-state index >= 15 is 0 Å². The summed E-state index contributed by atoms with van der Waals surface area (Å²) in [5.74, 6) is 0.719. The van der Waals surface area contributed by atoms with Gasteiger partial charge in [0.15, 0.2) is 0 Å². The third-order valence-corrected chi connectivity index (χ3v) is 4.33. The molecule has 1 fully saturated rings. The van der Waals surface area contributed by atoms with Crippen molar-refractivity contribution >= 4 is 11.4 Å². The van der Waals surface area contributed by atoms with Gasteiger partial charge in [-0.3, -0.25) is 0 Å². The van der Waals surface area contributed by atoms with Crippen LogP contribution >= 0.6 is 0 Å². The number of anilines is 2. The van der Waals surface area contributed by atoms with Gasteiger partial charge < -0.3 is 20.9 Å². The Bertz CT molecular complexity index is 454. The number of hydrogen-bond acceptors (Lipinski definition) is 4. The number of ether oxygens (including phenoxy) is 1. The maximum absolute atomic E-state index is 9.77. The molecule has 118 valence electrons. The fourth-order valence-electron chi connectivity index (χ4n) is 3.03. The minimum absolute atomic E-state index is 0.000397. The molecule has 0 atom stereocenters. The molecule has 1 aliphatic carbocycles. The highest BCUT2D eigenvalue weighted by Crippen LogP contribution is 2.37. The number of hydrogen-bond donors (Lipinski definition) is 3. The molecule has 0 unspecified atom stereocenters. The van der Waals surface area contributed by atoms with E-state index in [1.807, 2.05) is 32.0 Å². The van der Waals surface area contributed by atoms with Crippen LogP contribution in [0, 0.1) is 5.41 Å². The van der Waals surface area contributed by atoms with Crippen LogP contribution in [-0.4, -0.2) is 24.4 Å². The van der Waals surface area contributed by atoms with Crippen molar-refractivity contribution in [3.8, 4) is 5.75 Å². The molecule has 0 spiro atoms. The molecule has 0 radical (unpaired) electrons. The lowest BCUT2D eigenvalue weighted by molar-refractivity contribution is 0.0944. The summed E-state index contributed by atoms with van der Waals surface area (Å²) in [6.45, 7) is 4.98. The van der Waals surface area contributed by atoms with Crippen molar-refractivity contribution in [2.45, 2.75) is 52.1 Å². The molecular formula is C17H28N2O2. The lowest BCUT2D eigenvalue weighted by Gasteiger charge is -2.36. The smallest absolute Gasteiger partial charge is 0.144 e. The Hall–Kier alpha value is -1.42. The van der Waals surface area contributed by atoms with Crippen molar-refractivity contribution < 1.29 is 9.84 Å². The van der Waals surface area contributed by atoms with Crippen molar-refractivity contribution in [1.82, 2.24) is 0 Å². The second kappa shape index (κ2) is 7.03. The van der Waals surface area contributed by atoms with Crippen molar-refractivity contribution in [1.29, 1.82) is 0 Å². The fourth-order valence-corrected chi connectivity index (χ4v) is 3.03. The molecule has 21 heavy (non-hydrogen) atoms. The van der Waals surface area contributed by atoms with Crippen molar-refractivity contribution in [3.63, 3.8) is 0 Å². The zero-order chi connectivity index (χ0) is 15.3. The average Bonchev–Trinajstić information content (AvgIpc) is 2.49. The van der Waals surface area contributed by atoms with E-state index in [4.69, 9.17) is 10.5 Å². The maximum Gasteiger partial charge on any atom is 0.144 e. The van der Waals surface area contributed by atoms with Crippen LogP contribution in [-0.2, 0) is 0 Å². The molecule has 1 aromatic rings. The maximum atomic E-state index is 9.77. The first-order valence-electron chi connectivity index (χ1n) is 7.96. The molecule has 0 aliphatic heterocycles. The second-order valence-electron chi connectivity index (χ2n) is 6.46. The van der Waals surface area contributed by atoms with Gasteiger partial charge in [-0.15, -0.1) is 0 Å². The van der Waals surface area contributed by atoms with Gasteiger partial charge in [-0.25, -0.2) is 0 Å². The molecule has 4 N–H and O–H groups in total. The van der Waals surface area contributed by atoms with E-state index in [-0.39, 0.29) is 18.1 Å². The standard InChI is InChI=1S/C17H28N2O2/c1-13(2)21-15-8-6-7-14(16(15)18)19-11-17(12-20)9-4-3-5-10-17/h6-8,13,19-20H,3-5,9-12,18H2,1-2H3. The highest BCUT2D eigenvalue weighted by Gasteiger charge is 2.31. The third-order valence-electron chi connectivity index (χ3n) is 4.33. The fraction of sp³-hybridized carbons (Fsp3) is 0.647. The van der Waals surface area contributed by atoms with Crippen molar-refractivity contribution in [2.75, 3.05) is 24.2 Å². The van der Waals surface area contributed by atoms with Gasteiger partial charge in [-0.2, -0.15) is 0 Å². The SMILES string of the molecule is CC(C)Oc1cccc(NCC2(CO)CCCCC2)c1N. The zero-order valence-electron chi connectivity index (χ0n) is 13.2. The molecule has 2 rings (SSSR count). The van der Waals surface area contributed by atoms with Gasteiger partial charge in [-0.05, 0) is 38.8 Å². The van der Waals surface area contributed by atoms with E-state index in [1.54, 1.807) is 0 Å². The first kappa shape index (κ1) is 16.0. The minimum Gasteiger partial charge on any atom is -0.489 e. The summed E-state index contributed by atoms with van der Waals surface area (Å²) in [5, 5.41) is 13.2. The van der Waals surface area contributed by atoms with Gasteiger partial charge in [0.2, 0.25) is 0 Å². The van der Waals surface area contributed by atoms with Gasteiger partial charge in [0.25, 0.3) is 0 Å². The number of nitrogens with one attached hydrogen (secondary N) is 1. The van der Waals surface area contributed by atoms with Gasteiger partial charge in [0.05, 0.1) is 24.1 Å². The molecular weight excluding hydrogens is 264 g/mol. The predicted molar refractivity (Wildman–Crippen MR) is 87.7 cm³/mol. The predicted octanol–water partition coefficient (Wildman–Crippen LogP) is 3.41. The van der Waals surface area contributed by atoms with Gasteiger partial charge in [0, 0.05) is 12.0 Å². The van der Waals surface area contributed by atoms with Crippen LogP contribution in [0.2, 0.25) is 0 Å². The summed E-state index contributed by atoms with van der Waals surface area (Å²) in [7, 11) is 0. The first-order valence-corrected chi connectivity index (χ1v) is 7.96. The van der Waals surface area contributed by atoms with Crippen molar-refractivity contribution in [2.24, 2.45) is 5.41 Å². The van der Waals surface area contributed by atoms with E-state index in [0.717, 1.165) is 30.8 Å². The molecule has 0 aromatic heterocycles. The Morgan fingerprint density at radius 3 is 2.62 bits per heavy atom. The number of rotatable bonds is 6. The van der Waals surface area contributed by atoms with Gasteiger partial charge in [0.1, 0.15) is 5.75 Å². The molecule has 4 heteroatoms. The number of nitrogens with two attached hydrogens (primary N) is 1. The van der Waals surface area contributed by atoms with E-state index in [1.165, 1.54) is 19.3 Å². The summed E-state index contributed by atoms with van der Waals surface area (Å²) >= 11 is 0. The Labute approximate surface area is 127 Å². The minimum atomic E-state index is -0.000397. The van der Waals surface area contributed by atoms with E-state index < -0.39 is 0 Å². The Kier molecular flexibility index (Phi) is 5.34. The molecule has 0 saturated heterocycles. The Morgan fingerprint density at radius 2 is 2.00 bits per heavy atom. The van der Waals surface area contributed by atoms with E-state index in [9.17, 15) is 5.11 Å².